The first-order valence-corrected chi connectivity index (χ1v) is 6.86. The van der Waals surface area contributed by atoms with E-state index in [0.717, 1.165) is 39.3 Å². The van der Waals surface area contributed by atoms with Crippen LogP contribution in [0.15, 0.2) is 0 Å². The lowest BCUT2D eigenvalue weighted by Crippen LogP contribution is -2.48. The van der Waals surface area contributed by atoms with Gasteiger partial charge in [0.1, 0.15) is 0 Å². The van der Waals surface area contributed by atoms with Crippen molar-refractivity contribution in [1.29, 1.82) is 0 Å². The fourth-order valence-corrected chi connectivity index (χ4v) is 1.87. The minimum Gasteiger partial charge on any atom is -0.342 e. The second-order valence-electron chi connectivity index (χ2n) is 4.15. The van der Waals surface area contributed by atoms with E-state index in [2.05, 4.69) is 16.8 Å². The van der Waals surface area contributed by atoms with Crippen LogP contribution in [0.1, 0.15) is 27.7 Å². The fourth-order valence-electron chi connectivity index (χ4n) is 1.87. The Morgan fingerprint density at radius 3 is 1.94 bits per heavy atom. The van der Waals surface area contributed by atoms with Gasteiger partial charge in [-0.05, 0) is 20.9 Å². The summed E-state index contributed by atoms with van der Waals surface area (Å²) in [4.78, 5) is 18.3. The summed E-state index contributed by atoms with van der Waals surface area (Å²) in [5, 5.41) is 0. The minimum atomic E-state index is 0.268. The number of piperazine rings is 1. The van der Waals surface area contributed by atoms with Crippen LogP contribution < -0.4 is 0 Å². The Morgan fingerprint density at radius 1 is 1.06 bits per heavy atom. The number of likely N-dealkylation sites (N-methyl/N-ethyl adjacent to an activating group) is 2. The summed E-state index contributed by atoms with van der Waals surface area (Å²) in [7, 11) is 2.13. The Morgan fingerprint density at radius 2 is 1.53 bits per heavy atom. The van der Waals surface area contributed by atoms with Crippen LogP contribution >= 0.6 is 0 Å². The first kappa shape index (κ1) is 16.4. The topological polar surface area (TPSA) is 26.8 Å². The van der Waals surface area contributed by atoms with Crippen molar-refractivity contribution >= 4 is 5.91 Å². The van der Waals surface area contributed by atoms with Crippen LogP contribution in [-0.2, 0) is 4.79 Å². The average molecular weight is 243 g/mol. The Bertz CT molecular complexity index is 197. The number of carbonyl (C=O) groups is 1. The van der Waals surface area contributed by atoms with Crippen molar-refractivity contribution in [3.05, 3.63) is 0 Å². The second kappa shape index (κ2) is 9.42. The molecule has 1 heterocycles. The number of hydrogen-bond acceptors (Lipinski definition) is 3. The zero-order chi connectivity index (χ0) is 13.3. The van der Waals surface area contributed by atoms with Gasteiger partial charge in [-0.1, -0.05) is 13.8 Å². The zero-order valence-electron chi connectivity index (χ0n) is 12.2. The van der Waals surface area contributed by atoms with E-state index in [1.54, 1.807) is 0 Å². The molecule has 0 aromatic heterocycles. The molecule has 0 aromatic carbocycles. The van der Waals surface area contributed by atoms with E-state index in [4.69, 9.17) is 0 Å². The van der Waals surface area contributed by atoms with Crippen LogP contribution in [0.4, 0.5) is 0 Å². The highest BCUT2D eigenvalue weighted by Crippen LogP contribution is 2.00. The summed E-state index contributed by atoms with van der Waals surface area (Å²) in [6, 6.07) is 0. The summed E-state index contributed by atoms with van der Waals surface area (Å²) in [6.07, 6.45) is 0. The van der Waals surface area contributed by atoms with Crippen molar-refractivity contribution in [2.45, 2.75) is 27.7 Å². The van der Waals surface area contributed by atoms with Crippen LogP contribution in [0.3, 0.4) is 0 Å². The van der Waals surface area contributed by atoms with Gasteiger partial charge in [0.2, 0.25) is 5.91 Å². The van der Waals surface area contributed by atoms with Crippen LogP contribution in [0, 0.1) is 0 Å². The quantitative estimate of drug-likeness (QED) is 0.740. The van der Waals surface area contributed by atoms with Gasteiger partial charge in [0.25, 0.3) is 0 Å². The maximum absolute atomic E-state index is 11.8. The molecule has 0 radical (unpaired) electrons. The first-order chi connectivity index (χ1) is 8.17. The molecule has 102 valence electrons. The molecule has 17 heavy (non-hydrogen) atoms. The Hall–Kier alpha value is -0.610. The van der Waals surface area contributed by atoms with Crippen molar-refractivity contribution in [2.75, 3.05) is 52.9 Å². The summed E-state index contributed by atoms with van der Waals surface area (Å²) >= 11 is 0. The second-order valence-corrected chi connectivity index (χ2v) is 4.15. The van der Waals surface area contributed by atoms with E-state index < -0.39 is 0 Å². The lowest BCUT2D eigenvalue weighted by Gasteiger charge is -2.33. The van der Waals surface area contributed by atoms with Gasteiger partial charge < -0.3 is 9.80 Å². The monoisotopic (exact) mass is 243 g/mol. The molecule has 4 nitrogen and oxygen atoms in total. The van der Waals surface area contributed by atoms with Crippen LogP contribution in [-0.4, -0.2) is 73.5 Å². The van der Waals surface area contributed by atoms with Crippen molar-refractivity contribution in [1.82, 2.24) is 14.7 Å². The molecule has 1 amide bonds. The molecule has 1 aliphatic rings. The third-order valence-electron chi connectivity index (χ3n) is 3.07. The highest BCUT2D eigenvalue weighted by molar-refractivity contribution is 5.78. The molecule has 1 aliphatic heterocycles. The summed E-state index contributed by atoms with van der Waals surface area (Å²) in [6.45, 7) is 14.5. The number of amides is 1. The molecule has 1 fully saturated rings. The van der Waals surface area contributed by atoms with Crippen molar-refractivity contribution < 1.29 is 4.79 Å². The zero-order valence-corrected chi connectivity index (χ0v) is 12.2. The molecule has 1 saturated heterocycles. The molecular formula is C13H29N3O. The van der Waals surface area contributed by atoms with Crippen LogP contribution in [0.25, 0.3) is 0 Å². The predicted octanol–water partition coefficient (Wildman–Crippen LogP) is 1.13. The number of nitrogens with zero attached hydrogens (tertiary/aromatic N) is 3. The standard InChI is InChI=1S/C11H23N3O.C2H6/c1-4-14(5-2)11(15)10-13-8-6-12(3)7-9-13;1-2/h4-10H2,1-3H3;1-2H3. The normalized spacial score (nSPS) is 17.2. The summed E-state index contributed by atoms with van der Waals surface area (Å²) in [5.41, 5.74) is 0. The van der Waals surface area contributed by atoms with Crippen molar-refractivity contribution in [2.24, 2.45) is 0 Å². The predicted molar refractivity (Wildman–Crippen MR) is 73.2 cm³/mol. The molecule has 0 bridgehead atoms. The molecule has 0 aromatic rings. The van der Waals surface area contributed by atoms with Gasteiger partial charge in [0.05, 0.1) is 6.54 Å². The highest BCUT2D eigenvalue weighted by atomic mass is 16.2. The third-order valence-corrected chi connectivity index (χ3v) is 3.07. The molecule has 0 N–H and O–H groups in total. The van der Waals surface area contributed by atoms with Crippen LogP contribution in [0.5, 0.6) is 0 Å². The van der Waals surface area contributed by atoms with Gasteiger partial charge in [0, 0.05) is 39.3 Å². The van der Waals surface area contributed by atoms with Crippen molar-refractivity contribution in [3.8, 4) is 0 Å². The van der Waals surface area contributed by atoms with Gasteiger partial charge in [0.15, 0.2) is 0 Å². The van der Waals surface area contributed by atoms with Crippen molar-refractivity contribution in [3.63, 3.8) is 0 Å². The van der Waals surface area contributed by atoms with Gasteiger partial charge in [-0.2, -0.15) is 0 Å². The van der Waals surface area contributed by atoms with E-state index in [1.807, 2.05) is 32.6 Å². The molecule has 0 spiro atoms. The lowest BCUT2D eigenvalue weighted by atomic mass is 10.3. The largest absolute Gasteiger partial charge is 0.342 e. The SMILES string of the molecule is CC.CCN(CC)C(=O)CN1CCN(C)CC1. The Kier molecular flexibility index (Phi) is 9.09. The smallest absolute Gasteiger partial charge is 0.236 e. The Balaban J connectivity index is 0.00000121. The van der Waals surface area contributed by atoms with E-state index in [9.17, 15) is 4.79 Å². The molecule has 0 unspecified atom stereocenters. The maximum Gasteiger partial charge on any atom is 0.236 e. The number of carbonyl (C=O) groups excluding carboxylic acids is 1. The number of hydrogen-bond donors (Lipinski definition) is 0. The number of rotatable bonds is 4. The van der Waals surface area contributed by atoms with Gasteiger partial charge in [-0.15, -0.1) is 0 Å². The third kappa shape index (κ3) is 6.03. The van der Waals surface area contributed by atoms with Crippen LogP contribution in [0.2, 0.25) is 0 Å². The average Bonchev–Trinajstić information content (AvgIpc) is 2.36. The molecule has 0 aliphatic carbocycles. The Labute approximate surface area is 107 Å². The summed E-state index contributed by atoms with van der Waals surface area (Å²) in [5.74, 6) is 0.268. The minimum absolute atomic E-state index is 0.268. The molecule has 1 rings (SSSR count). The fraction of sp³-hybridized carbons (Fsp3) is 0.923. The lowest BCUT2D eigenvalue weighted by molar-refractivity contribution is -0.132. The highest BCUT2D eigenvalue weighted by Gasteiger charge is 2.18. The van der Waals surface area contributed by atoms with Gasteiger partial charge in [-0.3, -0.25) is 9.69 Å². The van der Waals surface area contributed by atoms with Gasteiger partial charge in [-0.25, -0.2) is 0 Å². The maximum atomic E-state index is 11.8. The van der Waals surface area contributed by atoms with E-state index >= 15 is 0 Å². The first-order valence-electron chi connectivity index (χ1n) is 6.86. The van der Waals surface area contributed by atoms with E-state index in [0.29, 0.717) is 6.54 Å². The van der Waals surface area contributed by atoms with E-state index in [1.165, 1.54) is 0 Å². The van der Waals surface area contributed by atoms with E-state index in [-0.39, 0.29) is 5.91 Å². The summed E-state index contributed by atoms with van der Waals surface area (Å²) < 4.78 is 0. The van der Waals surface area contributed by atoms with Gasteiger partial charge >= 0.3 is 0 Å². The molecule has 0 atom stereocenters. The molecule has 4 heteroatoms. The molecular weight excluding hydrogens is 214 g/mol. The molecule has 0 saturated carbocycles.